The van der Waals surface area contributed by atoms with Gasteiger partial charge in [-0.1, -0.05) is 0 Å². The molecule has 2 aromatic heterocycles. The molecule has 1 saturated heterocycles. The number of nitriles is 1. The molecule has 0 bridgehead atoms. The number of methoxy groups -OCH3 is 2. The molecular formula is C28H32N6O5. The molecule has 1 N–H and O–H groups in total. The van der Waals surface area contributed by atoms with E-state index in [1.54, 1.807) is 18.1 Å². The number of aromatic nitrogens is 2. The van der Waals surface area contributed by atoms with Crippen LogP contribution in [0, 0.1) is 17.2 Å². The Morgan fingerprint density at radius 1 is 1.21 bits per heavy atom. The molecule has 2 aromatic rings. The third-order valence-corrected chi connectivity index (χ3v) is 8.00. The zero-order valence-electron chi connectivity index (χ0n) is 22.2. The lowest BCUT2D eigenvalue weighted by molar-refractivity contribution is -0.136. The fraction of sp³-hybridized carbons (Fsp3) is 0.500. The summed E-state index contributed by atoms with van der Waals surface area (Å²) in [7, 11) is 3.22. The van der Waals surface area contributed by atoms with E-state index >= 15 is 0 Å². The zero-order valence-corrected chi connectivity index (χ0v) is 22.2. The average molecular weight is 533 g/mol. The summed E-state index contributed by atoms with van der Waals surface area (Å²) in [5.74, 6) is 1.01. The van der Waals surface area contributed by atoms with Gasteiger partial charge in [-0.2, -0.15) is 5.26 Å². The number of aryl methyl sites for hydroxylation is 1. The number of urea groups is 1. The summed E-state index contributed by atoms with van der Waals surface area (Å²) in [6.07, 6.45) is 6.62. The molecule has 3 aliphatic rings. The van der Waals surface area contributed by atoms with Gasteiger partial charge in [0, 0.05) is 52.0 Å². The third-order valence-electron chi connectivity index (χ3n) is 8.00. The molecule has 204 valence electrons. The maximum Gasteiger partial charge on any atom is 0.328 e. The van der Waals surface area contributed by atoms with Crippen LogP contribution in [0.1, 0.15) is 58.4 Å². The van der Waals surface area contributed by atoms with Gasteiger partial charge in [-0.3, -0.25) is 19.8 Å². The highest BCUT2D eigenvalue weighted by atomic mass is 16.5. The number of hydrogen-bond donors (Lipinski definition) is 1. The predicted octanol–water partition coefficient (Wildman–Crippen LogP) is 2.86. The topological polar surface area (TPSA) is 138 Å². The standard InChI is InChI=1S/C28H32N6O5/c1-38-23-6-5-17(23)10-19-12-25(30-14-21(19)13-29)32-28(37)34-8-3-4-18-11-20(22(16-35)31-26(18)34)15-33-9-7-24(39-2)27(33)36/h11-12,14,16-17,23-24H,3-10,15H2,1-2H3,(H,30,32,37)/t17-,23-,24?/m1/s1. The van der Waals surface area contributed by atoms with Crippen molar-refractivity contribution in [3.8, 4) is 6.07 Å². The Bertz CT molecular complexity index is 1320. The van der Waals surface area contributed by atoms with Crippen molar-refractivity contribution >= 4 is 29.9 Å². The zero-order chi connectivity index (χ0) is 27.5. The molecule has 0 radical (unpaired) electrons. The van der Waals surface area contributed by atoms with Crippen LogP contribution in [0.5, 0.6) is 0 Å². The van der Waals surface area contributed by atoms with E-state index in [4.69, 9.17) is 9.47 Å². The third kappa shape index (κ3) is 5.35. The number of amides is 3. The molecule has 1 unspecified atom stereocenters. The quantitative estimate of drug-likeness (QED) is 0.512. The summed E-state index contributed by atoms with van der Waals surface area (Å²) in [6.45, 7) is 1.25. The number of hydrogen-bond acceptors (Lipinski definition) is 8. The van der Waals surface area contributed by atoms with Crippen molar-refractivity contribution < 1.29 is 23.9 Å². The van der Waals surface area contributed by atoms with Gasteiger partial charge in [-0.15, -0.1) is 0 Å². The van der Waals surface area contributed by atoms with E-state index in [2.05, 4.69) is 21.4 Å². The first-order chi connectivity index (χ1) is 18.9. The Hall–Kier alpha value is -3.88. The molecular weight excluding hydrogens is 500 g/mol. The number of aldehydes is 1. The molecule has 11 heteroatoms. The molecule has 11 nitrogen and oxygen atoms in total. The number of pyridine rings is 2. The van der Waals surface area contributed by atoms with Crippen LogP contribution in [0.4, 0.5) is 16.4 Å². The molecule has 4 heterocycles. The Morgan fingerprint density at radius 3 is 2.72 bits per heavy atom. The lowest BCUT2D eigenvalue weighted by Crippen LogP contribution is -2.40. The van der Waals surface area contributed by atoms with E-state index in [1.165, 1.54) is 18.2 Å². The summed E-state index contributed by atoms with van der Waals surface area (Å²) < 4.78 is 10.7. The van der Waals surface area contributed by atoms with Gasteiger partial charge >= 0.3 is 6.03 Å². The van der Waals surface area contributed by atoms with Gasteiger partial charge in [0.15, 0.2) is 6.29 Å². The highest BCUT2D eigenvalue weighted by Crippen LogP contribution is 2.34. The second-order valence-electron chi connectivity index (χ2n) is 10.2. The normalized spacial score (nSPS) is 22.2. The van der Waals surface area contributed by atoms with Crippen molar-refractivity contribution in [3.05, 3.63) is 46.3 Å². The molecule has 3 amide bonds. The van der Waals surface area contributed by atoms with Crippen LogP contribution < -0.4 is 10.2 Å². The summed E-state index contributed by atoms with van der Waals surface area (Å²) >= 11 is 0. The van der Waals surface area contributed by atoms with E-state index in [0.29, 0.717) is 67.3 Å². The largest absolute Gasteiger partial charge is 0.381 e. The highest BCUT2D eigenvalue weighted by Gasteiger charge is 2.34. The number of nitrogens with zero attached hydrogens (tertiary/aromatic N) is 5. The van der Waals surface area contributed by atoms with Crippen LogP contribution in [0.25, 0.3) is 0 Å². The minimum atomic E-state index is -0.457. The van der Waals surface area contributed by atoms with E-state index in [0.717, 1.165) is 30.4 Å². The van der Waals surface area contributed by atoms with E-state index in [9.17, 15) is 19.6 Å². The predicted molar refractivity (Wildman–Crippen MR) is 141 cm³/mol. The Balaban J connectivity index is 1.34. The number of likely N-dealkylation sites (tertiary alicyclic amines) is 1. The molecule has 0 spiro atoms. The number of rotatable bonds is 8. The fourth-order valence-electron chi connectivity index (χ4n) is 5.65. The lowest BCUT2D eigenvalue weighted by Gasteiger charge is -2.35. The van der Waals surface area contributed by atoms with Gasteiger partial charge < -0.3 is 14.4 Å². The maximum atomic E-state index is 13.4. The van der Waals surface area contributed by atoms with Crippen molar-refractivity contribution in [2.24, 2.45) is 5.92 Å². The summed E-state index contributed by atoms with van der Waals surface area (Å²) in [5, 5.41) is 12.4. The van der Waals surface area contributed by atoms with Crippen molar-refractivity contribution in [1.29, 1.82) is 5.26 Å². The summed E-state index contributed by atoms with van der Waals surface area (Å²) in [4.78, 5) is 49.9. The van der Waals surface area contributed by atoms with Crippen LogP contribution in [0.3, 0.4) is 0 Å². The van der Waals surface area contributed by atoms with Crippen LogP contribution in [-0.2, 0) is 33.7 Å². The molecule has 5 rings (SSSR count). The first kappa shape index (κ1) is 26.7. The SMILES string of the molecule is COC1CCN(Cc2cc3c(nc2C=O)N(C(=O)Nc2cc(C[C@H]4CC[C@H]4OC)c(C#N)cn2)CCC3)C1=O. The Morgan fingerprint density at radius 2 is 2.05 bits per heavy atom. The smallest absolute Gasteiger partial charge is 0.328 e. The number of anilines is 2. The minimum absolute atomic E-state index is 0.0996. The number of carbonyl (C=O) groups is 3. The van der Waals surface area contributed by atoms with Crippen LogP contribution in [0.2, 0.25) is 0 Å². The molecule has 0 aromatic carbocycles. The molecule has 1 saturated carbocycles. The van der Waals surface area contributed by atoms with Gasteiger partial charge in [0.2, 0.25) is 0 Å². The van der Waals surface area contributed by atoms with Gasteiger partial charge in [0.1, 0.15) is 29.5 Å². The van der Waals surface area contributed by atoms with E-state index in [1.807, 2.05) is 6.07 Å². The number of carbonyl (C=O) groups excluding carboxylic acids is 3. The highest BCUT2D eigenvalue weighted by molar-refractivity contribution is 6.01. The first-order valence-electron chi connectivity index (χ1n) is 13.3. The van der Waals surface area contributed by atoms with Crippen LogP contribution in [0.15, 0.2) is 18.3 Å². The molecule has 39 heavy (non-hydrogen) atoms. The van der Waals surface area contributed by atoms with Crippen molar-refractivity contribution in [2.45, 2.75) is 57.3 Å². The lowest BCUT2D eigenvalue weighted by atomic mass is 9.77. The van der Waals surface area contributed by atoms with Crippen molar-refractivity contribution in [2.75, 3.05) is 37.5 Å². The van der Waals surface area contributed by atoms with Crippen molar-refractivity contribution in [1.82, 2.24) is 14.9 Å². The first-order valence-corrected chi connectivity index (χ1v) is 13.3. The minimum Gasteiger partial charge on any atom is -0.381 e. The second kappa shape index (κ2) is 11.5. The van der Waals surface area contributed by atoms with Gasteiger partial charge in [0.05, 0.1) is 11.7 Å². The van der Waals surface area contributed by atoms with Crippen LogP contribution in [-0.4, -0.2) is 72.6 Å². The average Bonchev–Trinajstić information content (AvgIpc) is 3.29. The maximum absolute atomic E-state index is 13.4. The Kier molecular flexibility index (Phi) is 7.86. The van der Waals surface area contributed by atoms with Gasteiger partial charge in [-0.05, 0) is 61.3 Å². The number of ether oxygens (including phenoxy) is 2. The molecule has 2 fully saturated rings. The molecule has 3 atom stereocenters. The van der Waals surface area contributed by atoms with Crippen molar-refractivity contribution in [3.63, 3.8) is 0 Å². The summed E-state index contributed by atoms with van der Waals surface area (Å²) in [5.41, 5.74) is 3.01. The number of fused-ring (bicyclic) bond motifs is 1. The summed E-state index contributed by atoms with van der Waals surface area (Å²) in [6, 6.07) is 5.41. The van der Waals surface area contributed by atoms with Gasteiger partial charge in [-0.25, -0.2) is 14.8 Å². The van der Waals surface area contributed by atoms with E-state index < -0.39 is 12.1 Å². The monoisotopic (exact) mass is 532 g/mol. The van der Waals surface area contributed by atoms with Crippen LogP contribution >= 0.6 is 0 Å². The molecule has 2 aliphatic heterocycles. The second-order valence-corrected chi connectivity index (χ2v) is 10.2. The van der Waals surface area contributed by atoms with E-state index in [-0.39, 0.29) is 24.2 Å². The number of nitrogens with one attached hydrogen (secondary N) is 1. The molecule has 1 aliphatic carbocycles. The van der Waals surface area contributed by atoms with Gasteiger partial charge in [0.25, 0.3) is 5.91 Å². The fourth-order valence-corrected chi connectivity index (χ4v) is 5.65. The Labute approximate surface area is 227 Å².